The van der Waals surface area contributed by atoms with Gasteiger partial charge in [-0.05, 0) is 53.7 Å². The van der Waals surface area contributed by atoms with Crippen molar-refractivity contribution in [2.75, 3.05) is 6.61 Å². The summed E-state index contributed by atoms with van der Waals surface area (Å²) in [6.45, 7) is 9.14. The summed E-state index contributed by atoms with van der Waals surface area (Å²) in [6.07, 6.45) is -9.17. The molecule has 0 radical (unpaired) electrons. The van der Waals surface area contributed by atoms with E-state index in [1.54, 1.807) is 26.8 Å². The summed E-state index contributed by atoms with van der Waals surface area (Å²) >= 11 is 0. The number of esters is 1. The van der Waals surface area contributed by atoms with E-state index in [0.717, 1.165) is 6.07 Å². The lowest BCUT2D eigenvalue weighted by Gasteiger charge is -2.39. The second-order valence-electron chi connectivity index (χ2n) is 11.4. The van der Waals surface area contributed by atoms with Gasteiger partial charge in [0, 0.05) is 24.0 Å². The number of piperidine rings is 1. The maximum atomic E-state index is 15.1. The number of halogens is 6. The Labute approximate surface area is 250 Å². The molecule has 43 heavy (non-hydrogen) atoms. The van der Waals surface area contributed by atoms with Gasteiger partial charge in [-0.3, -0.25) is 4.79 Å². The fourth-order valence-corrected chi connectivity index (χ4v) is 5.25. The third-order valence-corrected chi connectivity index (χ3v) is 8.74. The molecule has 2 N–H and O–H groups in total. The highest BCUT2D eigenvalue weighted by atomic mass is 32.2. The van der Waals surface area contributed by atoms with Gasteiger partial charge in [-0.2, -0.15) is 0 Å². The Morgan fingerprint density at radius 1 is 1.07 bits per heavy atom. The molecule has 0 aromatic heterocycles. The van der Waals surface area contributed by atoms with Crippen LogP contribution in [0.25, 0.3) is 0 Å². The lowest BCUT2D eigenvalue weighted by molar-refractivity contribution is -0.150. The van der Waals surface area contributed by atoms with E-state index in [4.69, 9.17) is 0 Å². The zero-order valence-electron chi connectivity index (χ0n) is 24.9. The van der Waals surface area contributed by atoms with Gasteiger partial charge >= 0.3 is 5.97 Å². The van der Waals surface area contributed by atoms with Crippen LogP contribution in [0, 0.1) is 11.6 Å². The highest BCUT2D eigenvalue weighted by Gasteiger charge is 2.47. The molecular formula is C30H38F6N2O4S. The first-order valence-corrected chi connectivity index (χ1v) is 14.8. The smallest absolute Gasteiger partial charge is 0.340 e. The second kappa shape index (κ2) is 14.7. The molecule has 1 saturated heterocycles. The van der Waals surface area contributed by atoms with Gasteiger partial charge in [0.1, 0.15) is 24.0 Å². The number of hydrogen-bond acceptors (Lipinski definition) is 4. The Kier molecular flexibility index (Phi) is 12.4. The maximum Gasteiger partial charge on any atom is 0.340 e. The molecule has 2 aromatic carbocycles. The summed E-state index contributed by atoms with van der Waals surface area (Å²) in [4.78, 5) is 22.7. The van der Waals surface area contributed by atoms with Crippen molar-refractivity contribution in [2.45, 2.75) is 94.9 Å². The van der Waals surface area contributed by atoms with Crippen LogP contribution in [0.1, 0.15) is 65.5 Å². The number of carbonyl (C=O) groups is 2. The lowest BCUT2D eigenvalue weighted by Crippen LogP contribution is -2.58. The molecule has 1 fully saturated rings. The predicted octanol–water partition coefficient (Wildman–Crippen LogP) is 5.96. The van der Waals surface area contributed by atoms with E-state index in [-0.39, 0.29) is 17.7 Å². The van der Waals surface area contributed by atoms with Gasteiger partial charge in [0.2, 0.25) is 0 Å². The fourth-order valence-electron chi connectivity index (χ4n) is 4.32. The van der Waals surface area contributed by atoms with E-state index in [1.807, 2.05) is 0 Å². The molecule has 1 heterocycles. The number of hydrogen-bond donors (Lipinski definition) is 2. The van der Waals surface area contributed by atoms with Crippen molar-refractivity contribution < 1.29 is 44.9 Å². The number of rotatable bonds is 9. The van der Waals surface area contributed by atoms with Crippen LogP contribution in [-0.2, 0) is 36.4 Å². The molecule has 0 spiro atoms. The van der Waals surface area contributed by atoms with Crippen LogP contribution >= 0.6 is 0 Å². The van der Waals surface area contributed by atoms with E-state index >= 15 is 4.39 Å². The van der Waals surface area contributed by atoms with Crippen LogP contribution in [0.5, 0.6) is 0 Å². The number of ether oxygens (including phenoxy) is 1. The van der Waals surface area contributed by atoms with Gasteiger partial charge < -0.3 is 10.1 Å². The van der Waals surface area contributed by atoms with Crippen molar-refractivity contribution in [2.24, 2.45) is 0 Å². The van der Waals surface area contributed by atoms with Gasteiger partial charge in [0.25, 0.3) is 5.91 Å². The average Bonchev–Trinajstić information content (AvgIpc) is 2.92. The van der Waals surface area contributed by atoms with Crippen LogP contribution in [0.2, 0.25) is 0 Å². The van der Waals surface area contributed by atoms with E-state index in [2.05, 4.69) is 14.8 Å². The van der Waals surface area contributed by atoms with Crippen LogP contribution in [-0.4, -0.2) is 52.1 Å². The van der Waals surface area contributed by atoms with Crippen molar-refractivity contribution in [1.82, 2.24) is 10.0 Å². The number of alkyl halides is 4. The van der Waals surface area contributed by atoms with Crippen molar-refractivity contribution in [3.63, 3.8) is 0 Å². The van der Waals surface area contributed by atoms with Crippen molar-refractivity contribution in [3.8, 4) is 0 Å². The van der Waals surface area contributed by atoms with Gasteiger partial charge in [-0.1, -0.05) is 36.4 Å². The summed E-state index contributed by atoms with van der Waals surface area (Å²) in [7, 11) is -1.76. The Hall–Kier alpha value is -2.93. The number of carbonyl (C=O) groups excluding carboxylic acids is 2. The normalized spacial score (nSPS) is 24.0. The first-order valence-electron chi connectivity index (χ1n) is 13.6. The third kappa shape index (κ3) is 8.81. The zero-order valence-corrected chi connectivity index (χ0v) is 25.7. The third-order valence-electron chi connectivity index (χ3n) is 7.02. The zero-order chi connectivity index (χ0) is 32.8. The standard InChI is InChI=1S/C18H26F3NO3S.C12H12F3NO/c1-6-25-16(23)14(20)11-15(21)18(5,22-26(24)17(2,3)4)12-9-7-8-10-13(12)19;1-12(7-4-2-3-5-8(7)13)10(15)6-9(14)11(17)16-12/h7-10,14-15,22H,6,11H2,1-5H3;2-5,9-10H,6H2,1H3,(H,16,17)/t14?,15-,18+,26+;9?,10-,12+/m00/s1. The van der Waals surface area contributed by atoms with Gasteiger partial charge in [-0.15, -0.1) is 0 Å². The minimum Gasteiger partial charge on any atom is -0.464 e. The summed E-state index contributed by atoms with van der Waals surface area (Å²) < 4.78 is 103. The van der Waals surface area contributed by atoms with Crippen LogP contribution < -0.4 is 10.0 Å². The Morgan fingerprint density at radius 2 is 1.63 bits per heavy atom. The number of amides is 1. The number of benzene rings is 2. The topological polar surface area (TPSA) is 84.5 Å². The molecule has 240 valence electrons. The van der Waals surface area contributed by atoms with E-state index in [9.17, 15) is 35.8 Å². The Morgan fingerprint density at radius 3 is 2.16 bits per heavy atom. The highest BCUT2D eigenvalue weighted by Crippen LogP contribution is 2.36. The highest BCUT2D eigenvalue weighted by molar-refractivity contribution is 7.84. The molecule has 3 rings (SSSR count). The quantitative estimate of drug-likeness (QED) is 0.263. The van der Waals surface area contributed by atoms with Crippen molar-refractivity contribution in [1.29, 1.82) is 0 Å². The maximum absolute atomic E-state index is 15.1. The molecule has 7 atom stereocenters. The molecule has 1 amide bonds. The van der Waals surface area contributed by atoms with Gasteiger partial charge in [0.15, 0.2) is 12.3 Å². The Bertz CT molecular complexity index is 1300. The molecule has 1 aliphatic rings. The summed E-state index contributed by atoms with van der Waals surface area (Å²) in [5, 5.41) is 2.22. The van der Waals surface area contributed by atoms with Crippen molar-refractivity contribution in [3.05, 3.63) is 71.3 Å². The molecule has 1 aliphatic heterocycles. The van der Waals surface area contributed by atoms with Crippen molar-refractivity contribution >= 4 is 22.9 Å². The minimum atomic E-state index is -2.21. The van der Waals surface area contributed by atoms with Gasteiger partial charge in [-0.25, -0.2) is 40.1 Å². The van der Waals surface area contributed by atoms with E-state index in [1.165, 1.54) is 57.2 Å². The van der Waals surface area contributed by atoms with E-state index < -0.39 is 87.8 Å². The summed E-state index contributed by atoms with van der Waals surface area (Å²) in [5.74, 6) is -3.41. The first kappa shape index (κ1) is 36.3. The first-order chi connectivity index (χ1) is 19.9. The van der Waals surface area contributed by atoms with Crippen LogP contribution in [0.4, 0.5) is 26.3 Å². The molecule has 6 nitrogen and oxygen atoms in total. The SMILES string of the molecule is CCOC(=O)C(F)C[C@H](F)[C@](C)(N[S@](=O)C(C)(C)C)c1ccccc1F.C[C@]1(c2ccccc2F)NC(=O)C(F)C[C@@H]1F. The van der Waals surface area contributed by atoms with E-state index in [0.29, 0.717) is 0 Å². The average molecular weight is 637 g/mol. The molecule has 0 saturated carbocycles. The number of nitrogens with one attached hydrogen (secondary N) is 2. The Balaban J connectivity index is 0.000000326. The molecule has 13 heteroatoms. The molecule has 0 bridgehead atoms. The molecular weight excluding hydrogens is 598 g/mol. The molecule has 2 aromatic rings. The predicted molar refractivity (Wildman–Crippen MR) is 152 cm³/mol. The largest absolute Gasteiger partial charge is 0.464 e. The monoisotopic (exact) mass is 636 g/mol. The minimum absolute atomic E-state index is 0.0346. The summed E-state index contributed by atoms with van der Waals surface area (Å²) in [6, 6.07) is 11.0. The van der Waals surface area contributed by atoms with Gasteiger partial charge in [0.05, 0.1) is 33.4 Å². The fraction of sp³-hybridized carbons (Fsp3) is 0.533. The van der Waals surface area contributed by atoms with Crippen LogP contribution in [0.15, 0.2) is 48.5 Å². The second-order valence-corrected chi connectivity index (χ2v) is 13.4. The molecule has 0 aliphatic carbocycles. The van der Waals surface area contributed by atoms with Crippen LogP contribution in [0.3, 0.4) is 0 Å². The lowest BCUT2D eigenvalue weighted by atomic mass is 9.81. The summed E-state index contributed by atoms with van der Waals surface area (Å²) in [5.41, 5.74) is -3.38. The molecule has 2 unspecified atom stereocenters.